The third-order valence-electron chi connectivity index (χ3n) is 3.81. The lowest BCUT2D eigenvalue weighted by molar-refractivity contribution is -0.122. The molecule has 1 atom stereocenters. The summed E-state index contributed by atoms with van der Waals surface area (Å²) in [6.45, 7) is 7.91. The van der Waals surface area contributed by atoms with Crippen LogP contribution in [0.15, 0.2) is 42.5 Å². The molecular weight excluding hydrogens is 300 g/mol. The van der Waals surface area contributed by atoms with Crippen molar-refractivity contribution in [2.24, 2.45) is 0 Å². The number of anilines is 1. The molecule has 0 spiro atoms. The first-order valence-electron chi connectivity index (χ1n) is 7.99. The van der Waals surface area contributed by atoms with E-state index < -0.39 is 6.10 Å². The van der Waals surface area contributed by atoms with E-state index in [1.54, 1.807) is 31.2 Å². The van der Waals surface area contributed by atoms with E-state index in [1.165, 1.54) is 5.56 Å². The van der Waals surface area contributed by atoms with E-state index in [1.807, 2.05) is 19.1 Å². The first kappa shape index (κ1) is 17.6. The fraction of sp³-hybridized carbons (Fsp3) is 0.300. The lowest BCUT2D eigenvalue weighted by atomic mass is 10.0. The van der Waals surface area contributed by atoms with Crippen molar-refractivity contribution in [1.82, 2.24) is 0 Å². The van der Waals surface area contributed by atoms with Gasteiger partial charge in [0.15, 0.2) is 6.10 Å². The molecule has 0 saturated heterocycles. The number of hydrogen-bond acceptors (Lipinski definition) is 3. The molecule has 4 nitrogen and oxygen atoms in total. The number of aryl methyl sites for hydroxylation is 1. The van der Waals surface area contributed by atoms with Crippen LogP contribution in [0.4, 0.5) is 5.69 Å². The van der Waals surface area contributed by atoms with E-state index >= 15 is 0 Å². The molecule has 0 unspecified atom stereocenters. The van der Waals surface area contributed by atoms with Gasteiger partial charge in [-0.05, 0) is 55.2 Å². The van der Waals surface area contributed by atoms with Crippen molar-refractivity contribution in [3.8, 4) is 11.8 Å². The maximum absolute atomic E-state index is 12.3. The Kier molecular flexibility index (Phi) is 5.59. The normalized spacial score (nSPS) is 11.7. The molecular formula is C20H22N2O2. The third kappa shape index (κ3) is 4.36. The van der Waals surface area contributed by atoms with Gasteiger partial charge in [0.1, 0.15) is 5.75 Å². The van der Waals surface area contributed by atoms with E-state index in [0.717, 1.165) is 11.3 Å². The Morgan fingerprint density at radius 1 is 1.17 bits per heavy atom. The summed E-state index contributed by atoms with van der Waals surface area (Å²) in [5, 5.41) is 11.7. The summed E-state index contributed by atoms with van der Waals surface area (Å²) in [5.74, 6) is 0.861. The first-order valence-corrected chi connectivity index (χ1v) is 7.99. The molecule has 2 aromatic carbocycles. The lowest BCUT2D eigenvalue weighted by Gasteiger charge is -2.18. The van der Waals surface area contributed by atoms with Crippen molar-refractivity contribution in [1.29, 1.82) is 5.26 Å². The Morgan fingerprint density at radius 3 is 2.58 bits per heavy atom. The summed E-state index contributed by atoms with van der Waals surface area (Å²) in [5.41, 5.74) is 3.25. The molecule has 4 heteroatoms. The second-order valence-corrected chi connectivity index (χ2v) is 6.12. The van der Waals surface area contributed by atoms with Crippen LogP contribution in [-0.4, -0.2) is 12.0 Å². The smallest absolute Gasteiger partial charge is 0.265 e. The van der Waals surface area contributed by atoms with Gasteiger partial charge in [0.25, 0.3) is 5.91 Å². The number of rotatable bonds is 5. The quantitative estimate of drug-likeness (QED) is 0.887. The van der Waals surface area contributed by atoms with Gasteiger partial charge in [0, 0.05) is 5.69 Å². The molecule has 0 saturated carbocycles. The first-order chi connectivity index (χ1) is 11.4. The molecule has 0 aromatic heterocycles. The molecule has 0 aliphatic rings. The van der Waals surface area contributed by atoms with Gasteiger partial charge in [-0.2, -0.15) is 5.26 Å². The van der Waals surface area contributed by atoms with Gasteiger partial charge in [0.2, 0.25) is 0 Å². The monoisotopic (exact) mass is 322 g/mol. The van der Waals surface area contributed by atoms with Crippen LogP contribution in [-0.2, 0) is 4.79 Å². The molecule has 24 heavy (non-hydrogen) atoms. The van der Waals surface area contributed by atoms with Gasteiger partial charge >= 0.3 is 0 Å². The maximum Gasteiger partial charge on any atom is 0.265 e. The van der Waals surface area contributed by atoms with Crippen LogP contribution in [0.25, 0.3) is 0 Å². The number of hydrogen-bond donors (Lipinski definition) is 1. The standard InChI is InChI=1S/C20H22N2O2/c1-13(2)17-9-8-14(3)19(11-17)24-15(4)20(23)22-18-7-5-6-16(10-18)12-21/h5-11,13,15H,1-4H3,(H,22,23)/t15-/m0/s1. The van der Waals surface area contributed by atoms with Crippen LogP contribution < -0.4 is 10.1 Å². The van der Waals surface area contributed by atoms with Crippen molar-refractivity contribution in [2.45, 2.75) is 39.7 Å². The van der Waals surface area contributed by atoms with Crippen LogP contribution in [0.5, 0.6) is 5.75 Å². The van der Waals surface area contributed by atoms with Crippen LogP contribution in [0, 0.1) is 18.3 Å². The van der Waals surface area contributed by atoms with Crippen molar-refractivity contribution in [2.75, 3.05) is 5.32 Å². The van der Waals surface area contributed by atoms with Gasteiger partial charge in [-0.1, -0.05) is 32.0 Å². The molecule has 1 amide bonds. The van der Waals surface area contributed by atoms with Crippen molar-refractivity contribution in [3.63, 3.8) is 0 Å². The topological polar surface area (TPSA) is 62.1 Å². The second kappa shape index (κ2) is 7.65. The van der Waals surface area contributed by atoms with Gasteiger partial charge in [-0.15, -0.1) is 0 Å². The number of nitriles is 1. The average Bonchev–Trinajstić information content (AvgIpc) is 2.56. The zero-order valence-corrected chi connectivity index (χ0v) is 14.5. The van der Waals surface area contributed by atoms with E-state index in [9.17, 15) is 4.79 Å². The van der Waals surface area contributed by atoms with Gasteiger partial charge in [-0.25, -0.2) is 0 Å². The number of nitrogens with one attached hydrogen (secondary N) is 1. The average molecular weight is 322 g/mol. The summed E-state index contributed by atoms with van der Waals surface area (Å²) in [6, 6.07) is 14.9. The van der Waals surface area contributed by atoms with Gasteiger partial charge in [-0.3, -0.25) is 4.79 Å². The summed E-state index contributed by atoms with van der Waals surface area (Å²) in [4.78, 5) is 12.3. The van der Waals surface area contributed by atoms with Crippen molar-refractivity contribution in [3.05, 3.63) is 59.2 Å². The lowest BCUT2D eigenvalue weighted by Crippen LogP contribution is -2.30. The van der Waals surface area contributed by atoms with E-state index in [0.29, 0.717) is 17.2 Å². The molecule has 124 valence electrons. The number of carbonyl (C=O) groups excluding carboxylic acids is 1. The Hall–Kier alpha value is -2.80. The number of nitrogens with zero attached hydrogens (tertiary/aromatic N) is 1. The molecule has 0 aliphatic carbocycles. The summed E-state index contributed by atoms with van der Waals surface area (Å²) in [6.07, 6.45) is -0.642. The van der Waals surface area contributed by atoms with Gasteiger partial charge in [0.05, 0.1) is 11.6 Å². The molecule has 0 heterocycles. The summed E-state index contributed by atoms with van der Waals surface area (Å²) >= 11 is 0. The molecule has 0 fully saturated rings. The van der Waals surface area contributed by atoms with Crippen molar-refractivity contribution < 1.29 is 9.53 Å². The highest BCUT2D eigenvalue weighted by molar-refractivity contribution is 5.94. The van der Waals surface area contributed by atoms with E-state index in [4.69, 9.17) is 10.00 Å². The molecule has 2 aromatic rings. The van der Waals surface area contributed by atoms with Gasteiger partial charge < -0.3 is 10.1 Å². The molecule has 1 N–H and O–H groups in total. The Labute approximate surface area is 143 Å². The fourth-order valence-corrected chi connectivity index (χ4v) is 2.26. The number of carbonyl (C=O) groups is 1. The highest BCUT2D eigenvalue weighted by Crippen LogP contribution is 2.25. The highest BCUT2D eigenvalue weighted by atomic mass is 16.5. The Morgan fingerprint density at radius 2 is 1.92 bits per heavy atom. The second-order valence-electron chi connectivity index (χ2n) is 6.12. The number of amides is 1. The van der Waals surface area contributed by atoms with Crippen LogP contribution >= 0.6 is 0 Å². The Balaban J connectivity index is 2.09. The van der Waals surface area contributed by atoms with E-state index in [-0.39, 0.29) is 5.91 Å². The minimum atomic E-state index is -0.642. The number of benzene rings is 2. The molecule has 2 rings (SSSR count). The van der Waals surface area contributed by atoms with E-state index in [2.05, 4.69) is 31.3 Å². The highest BCUT2D eigenvalue weighted by Gasteiger charge is 2.16. The largest absolute Gasteiger partial charge is 0.481 e. The van der Waals surface area contributed by atoms with Crippen LogP contribution in [0.2, 0.25) is 0 Å². The molecule has 0 aliphatic heterocycles. The minimum absolute atomic E-state index is 0.251. The number of ether oxygens (including phenoxy) is 1. The predicted molar refractivity (Wildman–Crippen MR) is 95.1 cm³/mol. The fourth-order valence-electron chi connectivity index (χ4n) is 2.26. The summed E-state index contributed by atoms with van der Waals surface area (Å²) in [7, 11) is 0. The van der Waals surface area contributed by atoms with Crippen molar-refractivity contribution >= 4 is 11.6 Å². The third-order valence-corrected chi connectivity index (χ3v) is 3.81. The molecule has 0 radical (unpaired) electrons. The maximum atomic E-state index is 12.3. The minimum Gasteiger partial charge on any atom is -0.481 e. The van der Waals surface area contributed by atoms with Crippen LogP contribution in [0.3, 0.4) is 0 Å². The zero-order chi connectivity index (χ0) is 17.7. The zero-order valence-electron chi connectivity index (χ0n) is 14.5. The van der Waals surface area contributed by atoms with Crippen LogP contribution in [0.1, 0.15) is 43.4 Å². The predicted octanol–water partition coefficient (Wildman–Crippen LogP) is 4.40. The SMILES string of the molecule is Cc1ccc(C(C)C)cc1O[C@@H](C)C(=O)Nc1cccc(C#N)c1. The summed E-state index contributed by atoms with van der Waals surface area (Å²) < 4.78 is 5.85. The molecule has 0 bridgehead atoms. The Bertz CT molecular complexity index is 775.